The summed E-state index contributed by atoms with van der Waals surface area (Å²) in [7, 11) is 1.52. The molecule has 0 fully saturated rings. The molecule has 2 aromatic rings. The van der Waals surface area contributed by atoms with E-state index in [-0.39, 0.29) is 18.0 Å². The molecule has 1 amide bonds. The number of carbonyl (C=O) groups excluding carboxylic acids is 1. The molecule has 0 saturated heterocycles. The summed E-state index contributed by atoms with van der Waals surface area (Å²) >= 11 is 5.97. The molecule has 0 atom stereocenters. The number of nitrogens with one attached hydrogen (secondary N) is 1. The Balaban J connectivity index is 2.07. The van der Waals surface area contributed by atoms with Crippen molar-refractivity contribution in [3.05, 3.63) is 58.0 Å². The topological polar surface area (TPSA) is 60.3 Å². The predicted molar refractivity (Wildman–Crippen MR) is 77.3 cm³/mol. The summed E-state index contributed by atoms with van der Waals surface area (Å²) in [6.07, 6.45) is 1.56. The fourth-order valence-corrected chi connectivity index (χ4v) is 1.95. The Hall–Kier alpha value is -2.27. The summed E-state index contributed by atoms with van der Waals surface area (Å²) < 4.78 is 6.35. The highest BCUT2D eigenvalue weighted by Gasteiger charge is 2.07. The van der Waals surface area contributed by atoms with E-state index in [0.29, 0.717) is 16.5 Å². The summed E-state index contributed by atoms with van der Waals surface area (Å²) in [5.41, 5.74) is 0.320. The minimum Gasteiger partial charge on any atom is -0.495 e. The quantitative estimate of drug-likeness (QED) is 0.939. The van der Waals surface area contributed by atoms with Gasteiger partial charge in [0, 0.05) is 18.0 Å². The van der Waals surface area contributed by atoms with Crippen molar-refractivity contribution < 1.29 is 9.53 Å². The van der Waals surface area contributed by atoms with Crippen LogP contribution >= 0.6 is 11.6 Å². The highest BCUT2D eigenvalue weighted by molar-refractivity contribution is 6.32. The van der Waals surface area contributed by atoms with Crippen LogP contribution in [-0.4, -0.2) is 17.6 Å². The molecule has 0 bridgehead atoms. The Morgan fingerprint density at radius 1 is 1.35 bits per heavy atom. The molecule has 104 valence electrons. The van der Waals surface area contributed by atoms with Crippen molar-refractivity contribution in [3.63, 3.8) is 0 Å². The number of hydrogen-bond donors (Lipinski definition) is 1. The first-order chi connectivity index (χ1) is 9.60. The molecule has 6 heteroatoms. The molecule has 1 heterocycles. The Kier molecular flexibility index (Phi) is 4.42. The monoisotopic (exact) mass is 292 g/mol. The Morgan fingerprint density at radius 2 is 2.15 bits per heavy atom. The van der Waals surface area contributed by atoms with Gasteiger partial charge in [0.05, 0.1) is 12.1 Å². The summed E-state index contributed by atoms with van der Waals surface area (Å²) in [6, 6.07) is 9.64. The van der Waals surface area contributed by atoms with Crippen LogP contribution in [0.4, 0.5) is 5.69 Å². The van der Waals surface area contributed by atoms with Crippen LogP contribution < -0.4 is 15.6 Å². The van der Waals surface area contributed by atoms with Crippen molar-refractivity contribution in [1.29, 1.82) is 0 Å². The first-order valence-electron chi connectivity index (χ1n) is 5.89. The molecule has 0 unspecified atom stereocenters. The first kappa shape index (κ1) is 14.1. The van der Waals surface area contributed by atoms with Crippen molar-refractivity contribution in [2.45, 2.75) is 6.54 Å². The van der Waals surface area contributed by atoms with Gasteiger partial charge in [-0.25, -0.2) is 0 Å². The lowest BCUT2D eigenvalue weighted by Crippen LogP contribution is -2.26. The smallest absolute Gasteiger partial charge is 0.250 e. The second-order valence-electron chi connectivity index (χ2n) is 4.06. The summed E-state index contributed by atoms with van der Waals surface area (Å²) in [6.45, 7) is -0.0523. The number of benzene rings is 1. The van der Waals surface area contributed by atoms with Crippen LogP contribution in [0.3, 0.4) is 0 Å². The number of methoxy groups -OCH3 is 1. The lowest BCUT2D eigenvalue weighted by atomic mass is 10.3. The van der Waals surface area contributed by atoms with Crippen LogP contribution in [0.2, 0.25) is 5.02 Å². The Morgan fingerprint density at radius 3 is 2.80 bits per heavy atom. The summed E-state index contributed by atoms with van der Waals surface area (Å²) in [4.78, 5) is 23.3. The molecule has 1 aromatic heterocycles. The second kappa shape index (κ2) is 6.25. The van der Waals surface area contributed by atoms with Crippen molar-refractivity contribution in [2.24, 2.45) is 0 Å². The number of anilines is 1. The van der Waals surface area contributed by atoms with Gasteiger partial charge in [-0.3, -0.25) is 9.59 Å². The number of ether oxygens (including phenoxy) is 1. The van der Waals surface area contributed by atoms with Crippen molar-refractivity contribution in [1.82, 2.24) is 4.57 Å². The molecule has 5 nitrogen and oxygen atoms in total. The normalized spacial score (nSPS) is 10.1. The lowest BCUT2D eigenvalue weighted by molar-refractivity contribution is -0.116. The zero-order valence-electron chi connectivity index (χ0n) is 10.8. The number of carbonyl (C=O) groups is 1. The molecule has 2 rings (SSSR count). The van der Waals surface area contributed by atoms with Gasteiger partial charge < -0.3 is 14.6 Å². The molecule has 0 aliphatic rings. The third-order valence-electron chi connectivity index (χ3n) is 2.65. The number of hydrogen-bond acceptors (Lipinski definition) is 3. The van der Waals surface area contributed by atoms with E-state index in [1.807, 2.05) is 0 Å². The highest BCUT2D eigenvalue weighted by Crippen LogP contribution is 2.27. The number of nitrogens with zero attached hydrogens (tertiary/aromatic N) is 1. The van der Waals surface area contributed by atoms with E-state index in [1.54, 1.807) is 36.5 Å². The van der Waals surface area contributed by atoms with Gasteiger partial charge in [-0.15, -0.1) is 0 Å². The van der Waals surface area contributed by atoms with Crippen LogP contribution in [-0.2, 0) is 11.3 Å². The van der Waals surface area contributed by atoms with E-state index in [1.165, 1.54) is 17.7 Å². The number of halogens is 1. The van der Waals surface area contributed by atoms with E-state index in [2.05, 4.69) is 5.32 Å². The zero-order chi connectivity index (χ0) is 14.5. The first-order valence-corrected chi connectivity index (χ1v) is 6.27. The number of aromatic nitrogens is 1. The highest BCUT2D eigenvalue weighted by atomic mass is 35.5. The average Bonchev–Trinajstić information content (AvgIpc) is 2.41. The Labute approximate surface area is 120 Å². The molecular formula is C14H13ClN2O3. The van der Waals surface area contributed by atoms with Crippen LogP contribution in [0.5, 0.6) is 5.75 Å². The molecule has 0 spiro atoms. The fraction of sp³-hybridized carbons (Fsp3) is 0.143. The maximum Gasteiger partial charge on any atom is 0.250 e. The minimum absolute atomic E-state index is 0.0523. The van der Waals surface area contributed by atoms with Crippen LogP contribution in [0.15, 0.2) is 47.4 Å². The van der Waals surface area contributed by atoms with E-state index in [9.17, 15) is 9.59 Å². The van der Waals surface area contributed by atoms with Gasteiger partial charge in [0.1, 0.15) is 12.3 Å². The molecule has 20 heavy (non-hydrogen) atoms. The van der Waals surface area contributed by atoms with Gasteiger partial charge in [-0.1, -0.05) is 17.7 Å². The maximum atomic E-state index is 11.9. The molecule has 0 aliphatic heterocycles. The van der Waals surface area contributed by atoms with Gasteiger partial charge in [0.25, 0.3) is 5.56 Å². The SMILES string of the molecule is COc1ccc(NC(=O)Cn2ccccc2=O)cc1Cl. The van der Waals surface area contributed by atoms with E-state index >= 15 is 0 Å². The molecule has 1 aromatic carbocycles. The predicted octanol–water partition coefficient (Wildman–Crippen LogP) is 2.15. The molecule has 1 N–H and O–H groups in total. The van der Waals surface area contributed by atoms with E-state index < -0.39 is 0 Å². The van der Waals surface area contributed by atoms with Gasteiger partial charge in [-0.05, 0) is 24.3 Å². The van der Waals surface area contributed by atoms with Gasteiger partial charge >= 0.3 is 0 Å². The van der Waals surface area contributed by atoms with Gasteiger partial charge in [0.15, 0.2) is 0 Å². The van der Waals surface area contributed by atoms with Gasteiger partial charge in [0.2, 0.25) is 5.91 Å². The van der Waals surface area contributed by atoms with E-state index in [0.717, 1.165) is 0 Å². The number of rotatable bonds is 4. The minimum atomic E-state index is -0.306. The third kappa shape index (κ3) is 3.39. The van der Waals surface area contributed by atoms with Crippen molar-refractivity contribution in [2.75, 3.05) is 12.4 Å². The van der Waals surface area contributed by atoms with Crippen LogP contribution in [0.25, 0.3) is 0 Å². The number of pyridine rings is 1. The second-order valence-corrected chi connectivity index (χ2v) is 4.47. The van der Waals surface area contributed by atoms with Gasteiger partial charge in [-0.2, -0.15) is 0 Å². The standard InChI is InChI=1S/C14H13ClN2O3/c1-20-12-6-5-10(8-11(12)15)16-13(18)9-17-7-3-2-4-14(17)19/h2-8H,9H2,1H3,(H,16,18). The zero-order valence-corrected chi connectivity index (χ0v) is 11.6. The lowest BCUT2D eigenvalue weighted by Gasteiger charge is -2.09. The largest absolute Gasteiger partial charge is 0.495 e. The van der Waals surface area contributed by atoms with Crippen LogP contribution in [0.1, 0.15) is 0 Å². The average molecular weight is 293 g/mol. The van der Waals surface area contributed by atoms with E-state index in [4.69, 9.17) is 16.3 Å². The van der Waals surface area contributed by atoms with Crippen molar-refractivity contribution >= 4 is 23.2 Å². The van der Waals surface area contributed by atoms with Crippen LogP contribution in [0, 0.1) is 0 Å². The molecule has 0 saturated carbocycles. The van der Waals surface area contributed by atoms with Crippen molar-refractivity contribution in [3.8, 4) is 5.75 Å². The maximum absolute atomic E-state index is 11.9. The fourth-order valence-electron chi connectivity index (χ4n) is 1.69. The molecule has 0 aliphatic carbocycles. The summed E-state index contributed by atoms with van der Waals surface area (Å²) in [5.74, 6) is 0.225. The summed E-state index contributed by atoms with van der Waals surface area (Å²) in [5, 5.41) is 3.08. The third-order valence-corrected chi connectivity index (χ3v) is 2.94. The molecular weight excluding hydrogens is 280 g/mol. The molecule has 0 radical (unpaired) electrons. The Bertz CT molecular complexity index is 682. The number of amides is 1.